The number of carbonyl (C=O) groups is 4. The first-order valence-electron chi connectivity index (χ1n) is 6.99. The molecule has 0 atom stereocenters. The fraction of sp³-hybridized carbons (Fsp3) is 0. The average Bonchev–Trinajstić information content (AvgIpc) is 3.03. The van der Waals surface area contributed by atoms with Gasteiger partial charge in [0.05, 0.1) is 42.3 Å². The summed E-state index contributed by atoms with van der Waals surface area (Å²) in [5.41, 5.74) is -0.482. The highest BCUT2D eigenvalue weighted by molar-refractivity contribution is 6.55. The molecule has 6 nitrogen and oxygen atoms in total. The van der Waals surface area contributed by atoms with Gasteiger partial charge in [-0.1, -0.05) is 58.5 Å². The number of amides is 4. The van der Waals surface area contributed by atoms with Crippen LogP contribution in [0.1, 0.15) is 41.4 Å². The van der Waals surface area contributed by atoms with Gasteiger partial charge in [0.15, 0.2) is 0 Å². The molecule has 2 aliphatic rings. The molecule has 0 saturated carbocycles. The molecule has 0 bridgehead atoms. The van der Waals surface area contributed by atoms with E-state index in [-0.39, 0.29) is 42.3 Å². The summed E-state index contributed by atoms with van der Waals surface area (Å²) in [5, 5.41) is -0.115. The topological polar surface area (TPSA) is 74.8 Å². The summed E-state index contributed by atoms with van der Waals surface area (Å²) in [6.45, 7) is 0. The number of hydrazine groups is 1. The zero-order valence-corrected chi connectivity index (χ0v) is 15.4. The second-order valence-corrected chi connectivity index (χ2v) is 6.91. The van der Waals surface area contributed by atoms with Gasteiger partial charge < -0.3 is 0 Å². The molecule has 26 heavy (non-hydrogen) atoms. The van der Waals surface area contributed by atoms with Crippen LogP contribution in [0.5, 0.6) is 0 Å². The van der Waals surface area contributed by atoms with Crippen LogP contribution >= 0.6 is 46.4 Å². The Hall–Kier alpha value is -2.12. The minimum atomic E-state index is -0.995. The molecule has 0 saturated heterocycles. The molecule has 10 heteroatoms. The van der Waals surface area contributed by atoms with Crippen molar-refractivity contribution >= 4 is 70.0 Å². The molecule has 0 spiro atoms. The SMILES string of the molecule is O=C1c2ccccc2C(=O)N1N1C(=O)c2c(Cl)c(Cl)c(Cl)c(Cl)c2C1=O. The van der Waals surface area contributed by atoms with Crippen molar-refractivity contribution in [3.05, 3.63) is 66.6 Å². The number of carbonyl (C=O) groups excluding carboxylic acids is 4. The van der Waals surface area contributed by atoms with E-state index >= 15 is 0 Å². The van der Waals surface area contributed by atoms with E-state index in [9.17, 15) is 19.2 Å². The van der Waals surface area contributed by atoms with E-state index in [4.69, 9.17) is 46.4 Å². The van der Waals surface area contributed by atoms with Gasteiger partial charge in [0, 0.05) is 0 Å². The lowest BCUT2D eigenvalue weighted by Crippen LogP contribution is -2.49. The number of rotatable bonds is 1. The van der Waals surface area contributed by atoms with E-state index in [1.165, 1.54) is 12.1 Å². The number of nitrogens with zero attached hydrogens (tertiary/aromatic N) is 2. The largest absolute Gasteiger partial charge is 0.282 e. The smallest absolute Gasteiger partial charge is 0.267 e. The highest BCUT2D eigenvalue weighted by Gasteiger charge is 2.50. The number of imide groups is 2. The van der Waals surface area contributed by atoms with Crippen molar-refractivity contribution in [2.75, 3.05) is 0 Å². The van der Waals surface area contributed by atoms with Crippen molar-refractivity contribution in [3.8, 4) is 0 Å². The third-order valence-electron chi connectivity index (χ3n) is 4.05. The van der Waals surface area contributed by atoms with Crippen molar-refractivity contribution in [1.29, 1.82) is 0 Å². The zero-order chi connectivity index (χ0) is 18.9. The zero-order valence-electron chi connectivity index (χ0n) is 12.3. The Morgan fingerprint density at radius 2 is 0.885 bits per heavy atom. The monoisotopic (exact) mass is 428 g/mol. The van der Waals surface area contributed by atoms with Crippen LogP contribution in [0.4, 0.5) is 0 Å². The summed E-state index contributed by atoms with van der Waals surface area (Å²) in [5.74, 6) is -3.62. The number of hydrogen-bond acceptors (Lipinski definition) is 4. The molecule has 2 aromatic carbocycles. The standard InChI is InChI=1S/C16H4Cl4N2O4/c17-9-7-8(10(18)12(20)11(9)19)16(26)22(15(7)25)21-13(23)5-3-1-2-4-6(5)14(21)24/h1-4H. The number of hydrogen-bond donors (Lipinski definition) is 0. The van der Waals surface area contributed by atoms with Gasteiger partial charge in [-0.3, -0.25) is 19.2 Å². The lowest BCUT2D eigenvalue weighted by Gasteiger charge is -2.23. The molecule has 0 aromatic heterocycles. The molecular weight excluding hydrogens is 426 g/mol. The lowest BCUT2D eigenvalue weighted by molar-refractivity contribution is 0.00845. The molecule has 4 rings (SSSR count). The Labute approximate surface area is 165 Å². The number of benzene rings is 2. The van der Waals surface area contributed by atoms with Gasteiger partial charge in [-0.15, -0.1) is 0 Å². The van der Waals surface area contributed by atoms with Crippen molar-refractivity contribution in [2.24, 2.45) is 0 Å². The predicted molar refractivity (Wildman–Crippen MR) is 93.9 cm³/mol. The maximum atomic E-state index is 12.8. The molecule has 0 N–H and O–H groups in total. The van der Waals surface area contributed by atoms with Crippen LogP contribution < -0.4 is 0 Å². The van der Waals surface area contributed by atoms with Gasteiger partial charge in [-0.2, -0.15) is 10.0 Å². The Bertz CT molecular complexity index is 1000. The molecular formula is C16H4Cl4N2O4. The van der Waals surface area contributed by atoms with Crippen molar-refractivity contribution in [1.82, 2.24) is 10.0 Å². The first kappa shape index (κ1) is 17.3. The summed E-state index contributed by atoms with van der Waals surface area (Å²) in [4.78, 5) is 50.7. The third kappa shape index (κ3) is 2.01. The quantitative estimate of drug-likeness (QED) is 0.388. The third-order valence-corrected chi connectivity index (χ3v) is 5.85. The van der Waals surface area contributed by atoms with E-state index < -0.39 is 23.6 Å². The minimum Gasteiger partial charge on any atom is -0.267 e. The Kier molecular flexibility index (Phi) is 3.79. The minimum absolute atomic E-state index is 0.0716. The highest BCUT2D eigenvalue weighted by Crippen LogP contribution is 2.45. The lowest BCUT2D eigenvalue weighted by atomic mass is 10.1. The molecule has 2 aromatic rings. The summed E-state index contributed by atoms with van der Waals surface area (Å²) in [6, 6.07) is 5.95. The fourth-order valence-corrected chi connectivity index (χ4v) is 3.89. The van der Waals surface area contributed by atoms with Gasteiger partial charge in [0.1, 0.15) is 0 Å². The molecule has 130 valence electrons. The van der Waals surface area contributed by atoms with Gasteiger partial charge in [-0.25, -0.2) is 0 Å². The van der Waals surface area contributed by atoms with Crippen LogP contribution in [0.25, 0.3) is 0 Å². The normalized spacial score (nSPS) is 15.8. The Morgan fingerprint density at radius 1 is 0.538 bits per heavy atom. The van der Waals surface area contributed by atoms with Gasteiger partial charge in [0.25, 0.3) is 23.6 Å². The molecule has 4 amide bonds. The second kappa shape index (κ2) is 5.69. The first-order chi connectivity index (χ1) is 12.3. The maximum Gasteiger partial charge on any atom is 0.282 e. The summed E-state index contributed by atoms with van der Waals surface area (Å²) >= 11 is 24.0. The summed E-state index contributed by atoms with van der Waals surface area (Å²) in [6.07, 6.45) is 0. The summed E-state index contributed by atoms with van der Waals surface area (Å²) in [7, 11) is 0. The Balaban J connectivity index is 1.89. The Morgan fingerprint density at radius 3 is 1.27 bits per heavy atom. The van der Waals surface area contributed by atoms with E-state index in [0.717, 1.165) is 0 Å². The van der Waals surface area contributed by atoms with E-state index in [1.54, 1.807) is 12.1 Å². The molecule has 0 fully saturated rings. The van der Waals surface area contributed by atoms with E-state index in [1.807, 2.05) is 0 Å². The fourth-order valence-electron chi connectivity index (χ4n) is 2.88. The van der Waals surface area contributed by atoms with Gasteiger partial charge >= 0.3 is 0 Å². The molecule has 2 aliphatic heterocycles. The molecule has 0 unspecified atom stereocenters. The van der Waals surface area contributed by atoms with Crippen LogP contribution in [0.2, 0.25) is 20.1 Å². The predicted octanol–water partition coefficient (Wildman–Crippen LogP) is 4.11. The molecule has 0 radical (unpaired) electrons. The van der Waals surface area contributed by atoms with Crippen LogP contribution in [0.15, 0.2) is 24.3 Å². The van der Waals surface area contributed by atoms with Crippen molar-refractivity contribution in [3.63, 3.8) is 0 Å². The van der Waals surface area contributed by atoms with Crippen LogP contribution in [-0.2, 0) is 0 Å². The highest BCUT2D eigenvalue weighted by atomic mass is 35.5. The van der Waals surface area contributed by atoms with Crippen LogP contribution in [-0.4, -0.2) is 33.6 Å². The van der Waals surface area contributed by atoms with E-state index in [0.29, 0.717) is 10.0 Å². The molecule has 0 aliphatic carbocycles. The average molecular weight is 430 g/mol. The second-order valence-electron chi connectivity index (χ2n) is 5.40. The van der Waals surface area contributed by atoms with Crippen LogP contribution in [0.3, 0.4) is 0 Å². The number of halogens is 4. The maximum absolute atomic E-state index is 12.8. The van der Waals surface area contributed by atoms with Crippen molar-refractivity contribution < 1.29 is 19.2 Å². The van der Waals surface area contributed by atoms with E-state index in [2.05, 4.69) is 0 Å². The van der Waals surface area contributed by atoms with Gasteiger partial charge in [-0.05, 0) is 12.1 Å². The van der Waals surface area contributed by atoms with Gasteiger partial charge in [0.2, 0.25) is 0 Å². The number of fused-ring (bicyclic) bond motifs is 2. The molecule has 2 heterocycles. The van der Waals surface area contributed by atoms with Crippen LogP contribution in [0, 0.1) is 0 Å². The first-order valence-corrected chi connectivity index (χ1v) is 8.51. The van der Waals surface area contributed by atoms with Crippen molar-refractivity contribution in [2.45, 2.75) is 0 Å². The summed E-state index contributed by atoms with van der Waals surface area (Å²) < 4.78 is 0.